The molecule has 0 saturated heterocycles. The van der Waals surface area contributed by atoms with Crippen LogP contribution in [0.4, 0.5) is 4.39 Å². The Bertz CT molecular complexity index is 1160. The van der Waals surface area contributed by atoms with Gasteiger partial charge in [0.15, 0.2) is 0 Å². The minimum atomic E-state index is -0.717. The van der Waals surface area contributed by atoms with Crippen molar-refractivity contribution in [1.82, 2.24) is 0 Å². The first kappa shape index (κ1) is 24.7. The second-order valence-electron chi connectivity index (χ2n) is 7.55. The van der Waals surface area contributed by atoms with Crippen LogP contribution in [0.15, 0.2) is 90.0 Å². The van der Waals surface area contributed by atoms with Crippen LogP contribution in [0.2, 0.25) is 0 Å². The number of carbonyl (C=O) groups is 1. The smallest absolute Gasteiger partial charge is 0.278 e. The van der Waals surface area contributed by atoms with E-state index in [0.29, 0.717) is 22.6 Å². The summed E-state index contributed by atoms with van der Waals surface area (Å²) in [6, 6.07) is 22.6. The van der Waals surface area contributed by atoms with Gasteiger partial charge in [-0.05, 0) is 35.7 Å². The fraction of sp³-hybridized carbons (Fsp3) is 0.185. The van der Waals surface area contributed by atoms with Crippen LogP contribution in [0.1, 0.15) is 35.1 Å². The van der Waals surface area contributed by atoms with Crippen molar-refractivity contribution in [3.05, 3.63) is 107 Å². The summed E-state index contributed by atoms with van der Waals surface area (Å²) in [6.45, 7) is 2.10. The molecule has 0 aliphatic carbocycles. The lowest BCUT2D eigenvalue weighted by Gasteiger charge is -2.16. The number of hydrogen-bond acceptors (Lipinski definition) is 5. The molecule has 1 atom stereocenters. The molecule has 7 heteroatoms. The number of hydrogen-bond donors (Lipinski definition) is 1. The molecule has 3 aromatic rings. The third-order valence-corrected chi connectivity index (χ3v) is 5.08. The van der Waals surface area contributed by atoms with Gasteiger partial charge >= 0.3 is 0 Å². The number of ether oxygens (including phenoxy) is 2. The van der Waals surface area contributed by atoms with E-state index in [1.807, 2.05) is 48.5 Å². The first-order valence-electron chi connectivity index (χ1n) is 10.7. The second-order valence-corrected chi connectivity index (χ2v) is 7.55. The SMILES string of the molecule is COCC(C(N)=O)c1ccccc1CON=C(C)c1cccc(O/C(F)=C\c2ccccc2)c1. The molecule has 0 aliphatic heterocycles. The minimum Gasteiger partial charge on any atom is -0.432 e. The highest BCUT2D eigenvalue weighted by Crippen LogP contribution is 2.22. The summed E-state index contributed by atoms with van der Waals surface area (Å²) in [5.41, 5.74) is 9.06. The molecule has 0 radical (unpaired) electrons. The van der Waals surface area contributed by atoms with Crippen molar-refractivity contribution < 1.29 is 23.5 Å². The summed E-state index contributed by atoms with van der Waals surface area (Å²) in [4.78, 5) is 17.4. The highest BCUT2D eigenvalue weighted by molar-refractivity contribution is 5.98. The first-order valence-corrected chi connectivity index (χ1v) is 10.7. The zero-order valence-corrected chi connectivity index (χ0v) is 19.1. The number of carbonyl (C=O) groups excluding carboxylic acids is 1. The van der Waals surface area contributed by atoms with Gasteiger partial charge in [0.05, 0.1) is 18.2 Å². The van der Waals surface area contributed by atoms with E-state index < -0.39 is 17.8 Å². The number of amides is 1. The van der Waals surface area contributed by atoms with Crippen molar-refractivity contribution in [2.45, 2.75) is 19.4 Å². The van der Waals surface area contributed by atoms with Crippen molar-refractivity contribution in [3.63, 3.8) is 0 Å². The highest BCUT2D eigenvalue weighted by Gasteiger charge is 2.20. The molecule has 2 N–H and O–H groups in total. The number of rotatable bonds is 11. The summed E-state index contributed by atoms with van der Waals surface area (Å²) in [5.74, 6) is -0.715. The number of primary amides is 1. The number of benzene rings is 3. The molecule has 1 unspecified atom stereocenters. The van der Waals surface area contributed by atoms with E-state index >= 15 is 0 Å². The Kier molecular flexibility index (Phi) is 8.94. The monoisotopic (exact) mass is 462 g/mol. The molecule has 0 heterocycles. The lowest BCUT2D eigenvalue weighted by molar-refractivity contribution is -0.120. The van der Waals surface area contributed by atoms with Gasteiger partial charge in [0.2, 0.25) is 5.91 Å². The van der Waals surface area contributed by atoms with Crippen molar-refractivity contribution >= 4 is 17.7 Å². The fourth-order valence-electron chi connectivity index (χ4n) is 3.36. The van der Waals surface area contributed by atoms with E-state index in [2.05, 4.69) is 5.16 Å². The van der Waals surface area contributed by atoms with Gasteiger partial charge in [-0.15, -0.1) is 0 Å². The zero-order chi connectivity index (χ0) is 24.3. The molecule has 0 aromatic heterocycles. The zero-order valence-electron chi connectivity index (χ0n) is 19.1. The van der Waals surface area contributed by atoms with E-state index in [0.717, 1.165) is 11.1 Å². The van der Waals surface area contributed by atoms with Crippen LogP contribution in [0, 0.1) is 0 Å². The van der Waals surface area contributed by atoms with Crippen LogP contribution in [0.25, 0.3) is 6.08 Å². The van der Waals surface area contributed by atoms with Gasteiger partial charge in [-0.2, -0.15) is 4.39 Å². The van der Waals surface area contributed by atoms with Crippen LogP contribution in [-0.4, -0.2) is 25.3 Å². The van der Waals surface area contributed by atoms with Gasteiger partial charge in [0.1, 0.15) is 12.4 Å². The maximum Gasteiger partial charge on any atom is 0.278 e. The molecule has 3 rings (SSSR count). The third kappa shape index (κ3) is 7.02. The average Bonchev–Trinajstić information content (AvgIpc) is 2.83. The quantitative estimate of drug-likeness (QED) is 0.242. The van der Waals surface area contributed by atoms with Gasteiger partial charge in [-0.3, -0.25) is 4.79 Å². The van der Waals surface area contributed by atoms with E-state index in [1.54, 1.807) is 37.3 Å². The summed E-state index contributed by atoms with van der Waals surface area (Å²) in [5, 5.41) is 4.17. The molecule has 6 nitrogen and oxygen atoms in total. The van der Waals surface area contributed by atoms with Gasteiger partial charge in [-0.25, -0.2) is 0 Å². The van der Waals surface area contributed by atoms with E-state index in [4.69, 9.17) is 20.0 Å². The summed E-state index contributed by atoms with van der Waals surface area (Å²) in [7, 11) is 1.52. The number of nitrogens with two attached hydrogens (primary N) is 1. The second kappa shape index (κ2) is 12.3. The topological polar surface area (TPSA) is 83.1 Å². The Morgan fingerprint density at radius 3 is 2.53 bits per heavy atom. The maximum absolute atomic E-state index is 14.3. The molecule has 0 saturated carbocycles. The lowest BCUT2D eigenvalue weighted by atomic mass is 9.94. The van der Waals surface area contributed by atoms with Crippen molar-refractivity contribution in [2.24, 2.45) is 10.9 Å². The Balaban J connectivity index is 1.68. The van der Waals surface area contributed by atoms with Crippen LogP contribution < -0.4 is 10.5 Å². The van der Waals surface area contributed by atoms with Crippen LogP contribution >= 0.6 is 0 Å². The average molecular weight is 463 g/mol. The molecule has 0 spiro atoms. The molecule has 0 aliphatic rings. The van der Waals surface area contributed by atoms with Crippen molar-refractivity contribution in [3.8, 4) is 5.75 Å². The predicted octanol–water partition coefficient (Wildman–Crippen LogP) is 5.19. The van der Waals surface area contributed by atoms with Crippen LogP contribution in [-0.2, 0) is 21.0 Å². The first-order chi connectivity index (χ1) is 16.5. The van der Waals surface area contributed by atoms with Crippen molar-refractivity contribution in [2.75, 3.05) is 13.7 Å². The number of oxime groups is 1. The number of methoxy groups -OCH3 is 1. The normalized spacial score (nSPS) is 12.8. The summed E-state index contributed by atoms with van der Waals surface area (Å²) < 4.78 is 24.7. The predicted molar refractivity (Wildman–Crippen MR) is 130 cm³/mol. The summed E-state index contributed by atoms with van der Waals surface area (Å²) in [6.07, 6.45) is 1.32. The molecular formula is C27H27FN2O4. The highest BCUT2D eigenvalue weighted by atomic mass is 19.1. The molecule has 0 bridgehead atoms. The van der Waals surface area contributed by atoms with Gasteiger partial charge in [0.25, 0.3) is 6.01 Å². The number of nitrogens with zero attached hydrogens (tertiary/aromatic N) is 1. The van der Waals surface area contributed by atoms with Crippen LogP contribution in [0.3, 0.4) is 0 Å². The van der Waals surface area contributed by atoms with Crippen LogP contribution in [0.5, 0.6) is 5.75 Å². The molecular weight excluding hydrogens is 435 g/mol. The maximum atomic E-state index is 14.3. The van der Waals surface area contributed by atoms with Gasteiger partial charge < -0.3 is 20.0 Å². The standard InChI is InChI=1S/C27H27FN2O4/c1-19(30-33-17-22-11-6-7-14-24(22)25(18-32-2)27(29)31)21-12-8-13-23(16-21)34-26(28)15-20-9-4-3-5-10-20/h3-16,25H,17-18H2,1-2H3,(H2,29,31)/b26-15-,30-19?. The van der Waals surface area contributed by atoms with E-state index in [9.17, 15) is 9.18 Å². The molecule has 34 heavy (non-hydrogen) atoms. The largest absolute Gasteiger partial charge is 0.432 e. The molecule has 3 aromatic carbocycles. The molecule has 0 fully saturated rings. The Morgan fingerprint density at radius 2 is 1.79 bits per heavy atom. The Labute approximate surface area is 198 Å². The molecule has 176 valence electrons. The van der Waals surface area contributed by atoms with Crippen molar-refractivity contribution in [1.29, 1.82) is 0 Å². The molecule has 1 amide bonds. The van der Waals surface area contributed by atoms with E-state index in [-0.39, 0.29) is 13.2 Å². The summed E-state index contributed by atoms with van der Waals surface area (Å²) >= 11 is 0. The van der Waals surface area contributed by atoms with Gasteiger partial charge in [0, 0.05) is 18.7 Å². The van der Waals surface area contributed by atoms with Gasteiger partial charge in [-0.1, -0.05) is 71.9 Å². The lowest BCUT2D eigenvalue weighted by Crippen LogP contribution is -2.26. The number of halogens is 1. The fourth-order valence-corrected chi connectivity index (χ4v) is 3.36. The Morgan fingerprint density at radius 1 is 1.06 bits per heavy atom. The Hall–Kier alpha value is -3.97. The third-order valence-electron chi connectivity index (χ3n) is 5.08. The van der Waals surface area contributed by atoms with E-state index in [1.165, 1.54) is 13.2 Å². The minimum absolute atomic E-state index is 0.144.